The number of hydrogen-bond donors (Lipinski definition) is 2. The topological polar surface area (TPSA) is 67.3 Å². The van der Waals surface area contributed by atoms with Gasteiger partial charge < -0.3 is 15.2 Å². The fourth-order valence-corrected chi connectivity index (χ4v) is 2.53. The third-order valence-corrected chi connectivity index (χ3v) is 3.65. The zero-order valence-corrected chi connectivity index (χ0v) is 11.8. The highest BCUT2D eigenvalue weighted by molar-refractivity contribution is 5.31. The van der Waals surface area contributed by atoms with Crippen LogP contribution < -0.4 is 10.1 Å². The van der Waals surface area contributed by atoms with Crippen LogP contribution in [0.3, 0.4) is 0 Å². The second-order valence-corrected chi connectivity index (χ2v) is 5.37. The molecule has 1 saturated carbocycles. The highest BCUT2D eigenvalue weighted by Gasteiger charge is 2.27. The summed E-state index contributed by atoms with van der Waals surface area (Å²) in [5.41, 5.74) is 0.221. The van der Waals surface area contributed by atoms with Gasteiger partial charge in [0.2, 0.25) is 11.8 Å². The van der Waals surface area contributed by atoms with Gasteiger partial charge in [0.25, 0.3) is 0 Å². The van der Waals surface area contributed by atoms with Crippen molar-refractivity contribution >= 4 is 5.95 Å². The molecule has 1 heterocycles. The van der Waals surface area contributed by atoms with Crippen LogP contribution in [0.4, 0.5) is 5.95 Å². The molecular formula is C14H23N3O2. The molecule has 2 rings (SSSR count). The number of aliphatic hydroxyl groups is 1. The Morgan fingerprint density at radius 1 is 1.26 bits per heavy atom. The summed E-state index contributed by atoms with van der Waals surface area (Å²) in [7, 11) is 1.59. The van der Waals surface area contributed by atoms with E-state index >= 15 is 0 Å². The number of rotatable bonds is 4. The third-order valence-electron chi connectivity index (χ3n) is 3.65. The minimum atomic E-state index is -0.628. The maximum Gasteiger partial charge on any atom is 0.226 e. The number of methoxy groups -OCH3 is 1. The molecule has 5 heteroatoms. The number of anilines is 1. The predicted molar refractivity (Wildman–Crippen MR) is 74.5 cm³/mol. The molecule has 0 radical (unpaired) electrons. The molecule has 1 aromatic heterocycles. The molecule has 19 heavy (non-hydrogen) atoms. The molecule has 1 aliphatic rings. The molecule has 5 nitrogen and oxygen atoms in total. The van der Waals surface area contributed by atoms with Crippen molar-refractivity contribution in [3.05, 3.63) is 11.8 Å². The SMILES string of the molecule is COc1cc(C)nc(NCC2(O)CCCCCC2)n1. The number of aromatic nitrogens is 2. The Morgan fingerprint density at radius 2 is 1.95 bits per heavy atom. The molecule has 0 saturated heterocycles. The Labute approximate surface area is 114 Å². The fourth-order valence-electron chi connectivity index (χ4n) is 2.53. The Kier molecular flexibility index (Phi) is 4.58. The Balaban J connectivity index is 1.99. The Morgan fingerprint density at radius 3 is 2.58 bits per heavy atom. The maximum absolute atomic E-state index is 10.6. The second-order valence-electron chi connectivity index (χ2n) is 5.37. The van der Waals surface area contributed by atoms with Crippen LogP contribution >= 0.6 is 0 Å². The van der Waals surface area contributed by atoms with Crippen molar-refractivity contribution in [3.63, 3.8) is 0 Å². The lowest BCUT2D eigenvalue weighted by molar-refractivity contribution is 0.0379. The molecule has 1 aliphatic carbocycles. The van der Waals surface area contributed by atoms with E-state index in [0.29, 0.717) is 18.4 Å². The smallest absolute Gasteiger partial charge is 0.226 e. The van der Waals surface area contributed by atoms with Crippen molar-refractivity contribution in [3.8, 4) is 5.88 Å². The van der Waals surface area contributed by atoms with E-state index in [1.165, 1.54) is 12.8 Å². The molecular weight excluding hydrogens is 242 g/mol. The molecule has 0 amide bonds. The van der Waals surface area contributed by atoms with Gasteiger partial charge in [-0.3, -0.25) is 0 Å². The Hall–Kier alpha value is -1.36. The first-order valence-electron chi connectivity index (χ1n) is 6.97. The van der Waals surface area contributed by atoms with Gasteiger partial charge in [0, 0.05) is 18.3 Å². The molecule has 106 valence electrons. The normalized spacial score (nSPS) is 18.7. The largest absolute Gasteiger partial charge is 0.481 e. The van der Waals surface area contributed by atoms with Gasteiger partial charge in [-0.1, -0.05) is 25.7 Å². The summed E-state index contributed by atoms with van der Waals surface area (Å²) in [6, 6.07) is 1.78. The van der Waals surface area contributed by atoms with Crippen LogP contribution in [0.5, 0.6) is 5.88 Å². The van der Waals surface area contributed by atoms with Crippen LogP contribution in [0.2, 0.25) is 0 Å². The summed E-state index contributed by atoms with van der Waals surface area (Å²) >= 11 is 0. The number of hydrogen-bond acceptors (Lipinski definition) is 5. The van der Waals surface area contributed by atoms with E-state index in [2.05, 4.69) is 15.3 Å². The van der Waals surface area contributed by atoms with Crippen molar-refractivity contribution in [2.75, 3.05) is 19.0 Å². The summed E-state index contributed by atoms with van der Waals surface area (Å²) in [5.74, 6) is 1.07. The first kappa shape index (κ1) is 14.1. The minimum absolute atomic E-state index is 0.500. The third kappa shape index (κ3) is 4.06. The lowest BCUT2D eigenvalue weighted by atomic mass is 9.95. The van der Waals surface area contributed by atoms with E-state index in [9.17, 15) is 5.11 Å². The molecule has 1 aromatic rings. The molecule has 0 aromatic carbocycles. The van der Waals surface area contributed by atoms with Gasteiger partial charge in [0.05, 0.1) is 12.7 Å². The van der Waals surface area contributed by atoms with Gasteiger partial charge in [0.1, 0.15) is 0 Å². The second kappa shape index (κ2) is 6.19. The van der Waals surface area contributed by atoms with E-state index in [1.54, 1.807) is 13.2 Å². The van der Waals surface area contributed by atoms with E-state index in [-0.39, 0.29) is 0 Å². The minimum Gasteiger partial charge on any atom is -0.481 e. The van der Waals surface area contributed by atoms with Crippen molar-refractivity contribution in [1.82, 2.24) is 9.97 Å². The average molecular weight is 265 g/mol. The van der Waals surface area contributed by atoms with Gasteiger partial charge in [-0.05, 0) is 19.8 Å². The van der Waals surface area contributed by atoms with Crippen LogP contribution in [0, 0.1) is 6.92 Å². The standard InChI is InChI=1S/C14H23N3O2/c1-11-9-12(19-2)17-13(16-11)15-10-14(18)7-5-3-4-6-8-14/h9,18H,3-8,10H2,1-2H3,(H,15,16,17). The summed E-state index contributed by atoms with van der Waals surface area (Å²) < 4.78 is 5.12. The van der Waals surface area contributed by atoms with Crippen LogP contribution in [0.15, 0.2) is 6.07 Å². The van der Waals surface area contributed by atoms with E-state index in [4.69, 9.17) is 4.74 Å². The molecule has 0 aliphatic heterocycles. The first-order valence-corrected chi connectivity index (χ1v) is 6.97. The number of aryl methyl sites for hydroxylation is 1. The molecule has 2 N–H and O–H groups in total. The number of ether oxygens (including phenoxy) is 1. The van der Waals surface area contributed by atoms with Gasteiger partial charge >= 0.3 is 0 Å². The van der Waals surface area contributed by atoms with Crippen LogP contribution in [-0.4, -0.2) is 34.3 Å². The van der Waals surface area contributed by atoms with Crippen molar-refractivity contribution < 1.29 is 9.84 Å². The highest BCUT2D eigenvalue weighted by Crippen LogP contribution is 2.27. The zero-order chi connectivity index (χ0) is 13.7. The van der Waals surface area contributed by atoms with Gasteiger partial charge in [-0.25, -0.2) is 4.98 Å². The number of nitrogens with one attached hydrogen (secondary N) is 1. The Bertz CT molecular complexity index is 415. The molecule has 0 unspecified atom stereocenters. The molecule has 1 fully saturated rings. The fraction of sp³-hybridized carbons (Fsp3) is 0.714. The van der Waals surface area contributed by atoms with Crippen LogP contribution in [0.25, 0.3) is 0 Å². The quantitative estimate of drug-likeness (QED) is 0.818. The maximum atomic E-state index is 10.6. The van der Waals surface area contributed by atoms with E-state index < -0.39 is 5.60 Å². The summed E-state index contributed by atoms with van der Waals surface area (Å²) in [6.45, 7) is 2.40. The summed E-state index contributed by atoms with van der Waals surface area (Å²) in [5, 5.41) is 13.7. The zero-order valence-electron chi connectivity index (χ0n) is 11.8. The van der Waals surface area contributed by atoms with Crippen LogP contribution in [0.1, 0.15) is 44.2 Å². The predicted octanol–water partition coefficient (Wildman–Crippen LogP) is 2.29. The van der Waals surface area contributed by atoms with E-state index in [1.807, 2.05) is 6.92 Å². The number of nitrogens with zero attached hydrogens (tertiary/aromatic N) is 2. The molecule has 0 atom stereocenters. The highest BCUT2D eigenvalue weighted by atomic mass is 16.5. The monoisotopic (exact) mass is 265 g/mol. The lowest BCUT2D eigenvalue weighted by Gasteiger charge is -2.26. The summed E-state index contributed by atoms with van der Waals surface area (Å²) in [4.78, 5) is 8.54. The van der Waals surface area contributed by atoms with Gasteiger partial charge in [-0.15, -0.1) is 0 Å². The van der Waals surface area contributed by atoms with E-state index in [0.717, 1.165) is 31.4 Å². The first-order chi connectivity index (χ1) is 9.11. The van der Waals surface area contributed by atoms with Crippen molar-refractivity contribution in [2.45, 2.75) is 51.0 Å². The summed E-state index contributed by atoms with van der Waals surface area (Å²) in [6.07, 6.45) is 6.33. The van der Waals surface area contributed by atoms with Crippen LogP contribution in [-0.2, 0) is 0 Å². The average Bonchev–Trinajstić information content (AvgIpc) is 2.61. The molecule has 0 bridgehead atoms. The van der Waals surface area contributed by atoms with Gasteiger partial charge in [-0.2, -0.15) is 4.98 Å². The van der Waals surface area contributed by atoms with Gasteiger partial charge in [0.15, 0.2) is 0 Å². The van der Waals surface area contributed by atoms with Crippen molar-refractivity contribution in [1.29, 1.82) is 0 Å². The van der Waals surface area contributed by atoms with Crippen molar-refractivity contribution in [2.24, 2.45) is 0 Å². The lowest BCUT2D eigenvalue weighted by Crippen LogP contribution is -2.36. The molecule has 0 spiro atoms.